The molecule has 1 aromatic rings. The zero-order valence-corrected chi connectivity index (χ0v) is 18.8. The summed E-state index contributed by atoms with van der Waals surface area (Å²) >= 11 is 6.07. The zero-order valence-electron chi connectivity index (χ0n) is 15.6. The standard InChI is InChI=1S/C16H26O7S4/c1-18-3-5-20-11-22-7-16(8-23-12-21-6-4-19-2)9-24-13-14(25-10-16)27-15(17)26-13/h3-12H2,1-2H3. The van der Waals surface area contributed by atoms with Crippen molar-refractivity contribution in [2.24, 2.45) is 5.41 Å². The van der Waals surface area contributed by atoms with E-state index in [2.05, 4.69) is 0 Å². The molecule has 2 heterocycles. The molecule has 0 bridgehead atoms. The number of methoxy groups -OCH3 is 2. The molecule has 0 saturated heterocycles. The van der Waals surface area contributed by atoms with Gasteiger partial charge in [-0.1, -0.05) is 22.7 Å². The molecule has 0 saturated carbocycles. The van der Waals surface area contributed by atoms with Gasteiger partial charge in [-0.3, -0.25) is 4.79 Å². The van der Waals surface area contributed by atoms with Crippen molar-refractivity contribution in [3.05, 3.63) is 8.85 Å². The average molecular weight is 459 g/mol. The lowest BCUT2D eigenvalue weighted by atomic mass is 9.95. The van der Waals surface area contributed by atoms with Gasteiger partial charge in [0.2, 0.25) is 0 Å². The Morgan fingerprint density at radius 2 is 1.26 bits per heavy atom. The van der Waals surface area contributed by atoms with Crippen LogP contribution in [0.1, 0.15) is 0 Å². The summed E-state index contributed by atoms with van der Waals surface area (Å²) in [5, 5.41) is 0. The summed E-state index contributed by atoms with van der Waals surface area (Å²) in [7, 11) is 3.27. The lowest BCUT2D eigenvalue weighted by Gasteiger charge is -2.31. The topological polar surface area (TPSA) is 72.5 Å². The largest absolute Gasteiger partial charge is 0.382 e. The maximum absolute atomic E-state index is 11.6. The molecule has 0 atom stereocenters. The molecule has 2 rings (SSSR count). The van der Waals surface area contributed by atoms with Crippen molar-refractivity contribution in [3.8, 4) is 0 Å². The van der Waals surface area contributed by atoms with Crippen molar-refractivity contribution in [2.75, 3.05) is 79.0 Å². The molecule has 1 aliphatic rings. The number of thioether (sulfide) groups is 2. The van der Waals surface area contributed by atoms with Gasteiger partial charge in [0.25, 0.3) is 4.06 Å². The first kappa shape index (κ1) is 23.6. The van der Waals surface area contributed by atoms with E-state index in [-0.39, 0.29) is 23.1 Å². The fourth-order valence-corrected chi connectivity index (χ4v) is 7.87. The molecule has 0 aliphatic carbocycles. The molecule has 0 fully saturated rings. The van der Waals surface area contributed by atoms with Crippen LogP contribution in [0.5, 0.6) is 0 Å². The quantitative estimate of drug-likeness (QED) is 0.309. The van der Waals surface area contributed by atoms with Crippen molar-refractivity contribution in [2.45, 2.75) is 8.42 Å². The van der Waals surface area contributed by atoms with Gasteiger partial charge < -0.3 is 28.4 Å². The Morgan fingerprint density at radius 1 is 0.778 bits per heavy atom. The first-order valence-electron chi connectivity index (χ1n) is 8.37. The minimum Gasteiger partial charge on any atom is -0.382 e. The van der Waals surface area contributed by atoms with Gasteiger partial charge in [0.05, 0.1) is 48.1 Å². The zero-order chi connectivity index (χ0) is 19.4. The van der Waals surface area contributed by atoms with Crippen LogP contribution in [0.3, 0.4) is 0 Å². The molecule has 156 valence electrons. The molecule has 0 radical (unpaired) electrons. The molecule has 0 N–H and O–H groups in total. The second-order valence-electron chi connectivity index (χ2n) is 5.84. The van der Waals surface area contributed by atoms with Crippen LogP contribution in [0.25, 0.3) is 0 Å². The van der Waals surface area contributed by atoms with Gasteiger partial charge in [0.1, 0.15) is 13.6 Å². The molecular weight excluding hydrogens is 432 g/mol. The molecule has 1 aliphatic heterocycles. The lowest BCUT2D eigenvalue weighted by Crippen LogP contribution is -2.38. The fraction of sp³-hybridized carbons (Fsp3) is 0.812. The van der Waals surface area contributed by atoms with Crippen LogP contribution in [0, 0.1) is 5.41 Å². The molecule has 0 amide bonds. The van der Waals surface area contributed by atoms with E-state index in [1.54, 1.807) is 37.7 Å². The number of fused-ring (bicyclic) bond motifs is 1. The third kappa shape index (κ3) is 8.69. The van der Waals surface area contributed by atoms with Crippen molar-refractivity contribution >= 4 is 46.2 Å². The highest BCUT2D eigenvalue weighted by atomic mass is 32.2. The average Bonchev–Trinajstić information content (AvgIpc) is 2.95. The van der Waals surface area contributed by atoms with Gasteiger partial charge in [-0.2, -0.15) is 0 Å². The second-order valence-corrected chi connectivity index (χ2v) is 10.6. The van der Waals surface area contributed by atoms with Gasteiger partial charge in [-0.25, -0.2) is 0 Å². The number of hydrogen-bond acceptors (Lipinski definition) is 11. The van der Waals surface area contributed by atoms with Crippen LogP contribution in [-0.2, 0) is 28.4 Å². The Labute approximate surface area is 176 Å². The smallest absolute Gasteiger partial charge is 0.289 e. The number of rotatable bonds is 14. The van der Waals surface area contributed by atoms with Gasteiger partial charge >= 0.3 is 0 Å². The Balaban J connectivity index is 1.84. The van der Waals surface area contributed by atoms with Crippen molar-refractivity contribution in [1.82, 2.24) is 0 Å². The van der Waals surface area contributed by atoms with E-state index < -0.39 is 0 Å². The van der Waals surface area contributed by atoms with E-state index in [0.717, 1.165) is 19.9 Å². The third-order valence-electron chi connectivity index (χ3n) is 3.55. The lowest BCUT2D eigenvalue weighted by molar-refractivity contribution is -0.117. The third-order valence-corrected chi connectivity index (χ3v) is 9.33. The monoisotopic (exact) mass is 458 g/mol. The van der Waals surface area contributed by atoms with E-state index in [1.807, 2.05) is 0 Å². The van der Waals surface area contributed by atoms with E-state index in [0.29, 0.717) is 39.6 Å². The Hall–Kier alpha value is 0.310. The molecule has 1 aromatic heterocycles. The summed E-state index contributed by atoms with van der Waals surface area (Å²) in [6.07, 6.45) is 0. The second kappa shape index (κ2) is 13.5. The molecule has 27 heavy (non-hydrogen) atoms. The van der Waals surface area contributed by atoms with E-state index in [9.17, 15) is 4.79 Å². The van der Waals surface area contributed by atoms with E-state index in [1.165, 1.54) is 22.7 Å². The Morgan fingerprint density at radius 3 is 1.70 bits per heavy atom. The van der Waals surface area contributed by atoms with Gasteiger partial charge in [-0.15, -0.1) is 23.5 Å². The highest BCUT2D eigenvalue weighted by molar-refractivity contribution is 8.05. The number of ether oxygens (including phenoxy) is 6. The maximum Gasteiger partial charge on any atom is 0.289 e. The van der Waals surface area contributed by atoms with E-state index in [4.69, 9.17) is 28.4 Å². The van der Waals surface area contributed by atoms with Crippen LogP contribution in [0.15, 0.2) is 13.2 Å². The van der Waals surface area contributed by atoms with Gasteiger partial charge in [-0.05, 0) is 0 Å². The summed E-state index contributed by atoms with van der Waals surface area (Å²) in [5.41, 5.74) is -0.181. The van der Waals surface area contributed by atoms with Crippen LogP contribution < -0.4 is 4.06 Å². The SMILES string of the molecule is COCCOCOCC1(COCOCCOC)CSc2sc(=O)sc2SC1. The molecule has 0 aromatic carbocycles. The van der Waals surface area contributed by atoms with Crippen LogP contribution in [0.2, 0.25) is 0 Å². The first-order chi connectivity index (χ1) is 13.2. The normalized spacial score (nSPS) is 16.2. The minimum atomic E-state index is -0.181. The predicted octanol–water partition coefficient (Wildman–Crippen LogP) is 2.63. The molecule has 11 heteroatoms. The van der Waals surface area contributed by atoms with Gasteiger partial charge in [0, 0.05) is 31.1 Å². The van der Waals surface area contributed by atoms with E-state index >= 15 is 0 Å². The van der Waals surface area contributed by atoms with Crippen LogP contribution >= 0.6 is 46.2 Å². The van der Waals surface area contributed by atoms with Crippen LogP contribution in [-0.4, -0.2) is 79.0 Å². The Bertz CT molecular complexity index is 531. The van der Waals surface area contributed by atoms with Gasteiger partial charge in [0.15, 0.2) is 0 Å². The molecule has 0 unspecified atom stereocenters. The summed E-state index contributed by atoms with van der Waals surface area (Å²) in [4.78, 5) is 11.6. The summed E-state index contributed by atoms with van der Waals surface area (Å²) in [5.74, 6) is 1.63. The highest BCUT2D eigenvalue weighted by Crippen LogP contribution is 2.45. The van der Waals surface area contributed by atoms with Crippen molar-refractivity contribution in [1.29, 1.82) is 0 Å². The predicted molar refractivity (Wildman–Crippen MR) is 110 cm³/mol. The molecular formula is C16H26O7S4. The molecule has 7 nitrogen and oxygen atoms in total. The minimum absolute atomic E-state index is 0.151. The fourth-order valence-electron chi connectivity index (χ4n) is 2.16. The van der Waals surface area contributed by atoms with Crippen molar-refractivity contribution < 1.29 is 28.4 Å². The first-order valence-corrected chi connectivity index (χ1v) is 12.0. The van der Waals surface area contributed by atoms with Crippen LogP contribution in [0.4, 0.5) is 0 Å². The Kier molecular flexibility index (Phi) is 11.8. The summed E-state index contributed by atoms with van der Waals surface area (Å²) in [6.45, 7) is 3.57. The molecule has 0 spiro atoms. The summed E-state index contributed by atoms with van der Waals surface area (Å²) in [6, 6.07) is 0. The highest BCUT2D eigenvalue weighted by Gasteiger charge is 2.35. The maximum atomic E-state index is 11.6. The van der Waals surface area contributed by atoms with Crippen molar-refractivity contribution in [3.63, 3.8) is 0 Å². The number of hydrogen-bond donors (Lipinski definition) is 0. The summed E-state index contributed by atoms with van der Waals surface area (Å²) < 4.78 is 34.6.